The summed E-state index contributed by atoms with van der Waals surface area (Å²) in [5.74, 6) is 0.947. The Morgan fingerprint density at radius 3 is 2.35 bits per heavy atom. The number of nitrogens with zero attached hydrogens (tertiary/aromatic N) is 1. The number of nitrogens with one attached hydrogen (secondary N) is 1. The van der Waals surface area contributed by atoms with Crippen molar-refractivity contribution in [3.8, 4) is 0 Å². The van der Waals surface area contributed by atoms with Gasteiger partial charge in [0, 0.05) is 23.1 Å². The van der Waals surface area contributed by atoms with Crippen molar-refractivity contribution in [1.82, 2.24) is 5.32 Å². The van der Waals surface area contributed by atoms with Crippen molar-refractivity contribution in [2.75, 3.05) is 23.1 Å². The van der Waals surface area contributed by atoms with E-state index in [1.807, 2.05) is 19.1 Å². The molecule has 3 rings (SSSR count). The largest absolute Gasteiger partial charge is 0.354 e. The highest BCUT2D eigenvalue weighted by Crippen LogP contribution is 2.28. The first-order chi connectivity index (χ1) is 16.2. The summed E-state index contributed by atoms with van der Waals surface area (Å²) in [5, 5.41) is 4.23. The first-order valence-electron chi connectivity index (χ1n) is 10.3. The molecule has 180 valence electrons. The molecule has 1 N–H and O–H groups in total. The Bertz CT molecular complexity index is 1260. The second-order valence-corrected chi connectivity index (χ2v) is 11.6. The van der Waals surface area contributed by atoms with Gasteiger partial charge in [0.2, 0.25) is 5.91 Å². The van der Waals surface area contributed by atoms with Crippen LogP contribution in [-0.4, -0.2) is 33.2 Å². The molecule has 0 aliphatic carbocycles. The number of anilines is 1. The number of carbonyl (C=O) groups is 1. The van der Waals surface area contributed by atoms with Crippen molar-refractivity contribution < 1.29 is 13.2 Å². The highest BCUT2D eigenvalue weighted by molar-refractivity contribution is 7.98. The zero-order chi connectivity index (χ0) is 24.7. The molecule has 0 heterocycles. The number of carbonyl (C=O) groups excluding carboxylic acids is 1. The average Bonchev–Trinajstić information content (AvgIpc) is 2.82. The minimum absolute atomic E-state index is 0.0941. The Hall–Kier alpha value is -1.90. The highest BCUT2D eigenvalue weighted by atomic mass is 35.5. The van der Waals surface area contributed by atoms with Crippen molar-refractivity contribution in [2.24, 2.45) is 0 Å². The first kappa shape index (κ1) is 26.7. The molecule has 3 aromatic rings. The van der Waals surface area contributed by atoms with E-state index in [1.165, 1.54) is 12.1 Å². The Morgan fingerprint density at radius 2 is 1.68 bits per heavy atom. The van der Waals surface area contributed by atoms with Crippen molar-refractivity contribution in [1.29, 1.82) is 0 Å². The van der Waals surface area contributed by atoms with Gasteiger partial charge in [0.25, 0.3) is 10.0 Å². The van der Waals surface area contributed by atoms with E-state index < -0.39 is 15.9 Å². The van der Waals surface area contributed by atoms with Gasteiger partial charge >= 0.3 is 0 Å². The number of amides is 1. The fourth-order valence-corrected chi connectivity index (χ4v) is 5.78. The molecular formula is C24H23Cl3N2O3S2. The van der Waals surface area contributed by atoms with Crippen LogP contribution >= 0.6 is 46.6 Å². The standard InChI is InChI=1S/C24H23Cl3N2O3S2/c1-17-7-9-19(14-22(17)26)29(34(31,32)20-5-3-2-4-6-20)15-24(30)28-11-12-33-16-18-8-10-21(25)23(27)13-18/h2-10,13-14H,11-12,15-16H2,1H3,(H,28,30). The van der Waals surface area contributed by atoms with E-state index in [9.17, 15) is 13.2 Å². The fraction of sp³-hybridized carbons (Fsp3) is 0.208. The van der Waals surface area contributed by atoms with Gasteiger partial charge in [-0.05, 0) is 54.4 Å². The van der Waals surface area contributed by atoms with Crippen molar-refractivity contribution >= 4 is 68.2 Å². The quantitative estimate of drug-likeness (QED) is 0.301. The Balaban J connectivity index is 1.64. The van der Waals surface area contributed by atoms with E-state index >= 15 is 0 Å². The van der Waals surface area contributed by atoms with Crippen LogP contribution in [0, 0.1) is 6.92 Å². The van der Waals surface area contributed by atoms with Gasteiger partial charge in [-0.25, -0.2) is 8.42 Å². The van der Waals surface area contributed by atoms with Crippen LogP contribution in [-0.2, 0) is 20.6 Å². The lowest BCUT2D eigenvalue weighted by atomic mass is 10.2. The van der Waals surface area contributed by atoms with Gasteiger partial charge in [-0.2, -0.15) is 11.8 Å². The number of rotatable bonds is 10. The highest BCUT2D eigenvalue weighted by Gasteiger charge is 2.27. The maximum absolute atomic E-state index is 13.3. The molecule has 10 heteroatoms. The van der Waals surface area contributed by atoms with E-state index in [0.717, 1.165) is 15.4 Å². The molecule has 0 aromatic heterocycles. The second kappa shape index (κ2) is 12.2. The Kier molecular flexibility index (Phi) is 9.56. The molecule has 3 aromatic carbocycles. The normalized spacial score (nSPS) is 11.3. The summed E-state index contributed by atoms with van der Waals surface area (Å²) in [7, 11) is -3.97. The number of halogens is 3. The zero-order valence-electron chi connectivity index (χ0n) is 18.3. The molecule has 0 unspecified atom stereocenters. The molecule has 0 saturated carbocycles. The molecule has 0 aliphatic rings. The topological polar surface area (TPSA) is 66.5 Å². The van der Waals surface area contributed by atoms with Crippen molar-refractivity contribution in [2.45, 2.75) is 17.6 Å². The second-order valence-electron chi connectivity index (χ2n) is 7.41. The monoisotopic (exact) mass is 556 g/mol. The van der Waals surface area contributed by atoms with Crippen LogP contribution in [0.25, 0.3) is 0 Å². The third-order valence-corrected chi connectivity index (χ3v) is 8.85. The van der Waals surface area contributed by atoms with E-state index in [2.05, 4.69) is 5.32 Å². The third kappa shape index (κ3) is 7.06. The number of aryl methyl sites for hydroxylation is 1. The summed E-state index contributed by atoms with van der Waals surface area (Å²) in [6.07, 6.45) is 0. The van der Waals surface area contributed by atoms with Crippen molar-refractivity contribution in [3.63, 3.8) is 0 Å². The first-order valence-corrected chi connectivity index (χ1v) is 14.0. The van der Waals surface area contributed by atoms with Gasteiger partial charge in [0.15, 0.2) is 0 Å². The van der Waals surface area contributed by atoms with Crippen LogP contribution in [0.15, 0.2) is 71.6 Å². The lowest BCUT2D eigenvalue weighted by Gasteiger charge is -2.24. The predicted molar refractivity (Wildman–Crippen MR) is 143 cm³/mol. The maximum atomic E-state index is 13.3. The SMILES string of the molecule is Cc1ccc(N(CC(=O)NCCSCc2ccc(Cl)c(Cl)c2)S(=O)(=O)c2ccccc2)cc1Cl. The van der Waals surface area contributed by atoms with E-state index in [1.54, 1.807) is 54.2 Å². The number of benzene rings is 3. The van der Waals surface area contributed by atoms with Crippen LogP contribution in [0.1, 0.15) is 11.1 Å². The number of thioether (sulfide) groups is 1. The summed E-state index contributed by atoms with van der Waals surface area (Å²) in [6.45, 7) is 1.84. The minimum Gasteiger partial charge on any atom is -0.354 e. The van der Waals surface area contributed by atoms with E-state index in [0.29, 0.717) is 38.8 Å². The minimum atomic E-state index is -3.97. The van der Waals surface area contributed by atoms with Crippen LogP contribution < -0.4 is 9.62 Å². The van der Waals surface area contributed by atoms with E-state index in [4.69, 9.17) is 34.8 Å². The Morgan fingerprint density at radius 1 is 0.941 bits per heavy atom. The smallest absolute Gasteiger partial charge is 0.264 e. The van der Waals surface area contributed by atoms with E-state index in [-0.39, 0.29) is 11.4 Å². The predicted octanol–water partition coefficient (Wildman–Crippen LogP) is 6.20. The number of sulfonamides is 1. The van der Waals surface area contributed by atoms with Gasteiger partial charge in [0.1, 0.15) is 6.54 Å². The van der Waals surface area contributed by atoms with Crippen LogP contribution in [0.2, 0.25) is 15.1 Å². The lowest BCUT2D eigenvalue weighted by molar-refractivity contribution is -0.119. The van der Waals surface area contributed by atoms with Gasteiger partial charge < -0.3 is 5.32 Å². The summed E-state index contributed by atoms with van der Waals surface area (Å²) in [5.41, 5.74) is 2.16. The summed E-state index contributed by atoms with van der Waals surface area (Å²) >= 11 is 19.8. The average molecular weight is 558 g/mol. The van der Waals surface area contributed by atoms with Crippen molar-refractivity contribution in [3.05, 3.63) is 92.9 Å². The zero-order valence-corrected chi connectivity index (χ0v) is 22.2. The van der Waals surface area contributed by atoms with Gasteiger partial charge in [-0.1, -0.05) is 65.1 Å². The summed E-state index contributed by atoms with van der Waals surface area (Å²) in [6, 6.07) is 18.4. The maximum Gasteiger partial charge on any atom is 0.264 e. The number of hydrogen-bond acceptors (Lipinski definition) is 4. The van der Waals surface area contributed by atoms with Crippen LogP contribution in [0.5, 0.6) is 0 Å². The molecule has 0 bridgehead atoms. The summed E-state index contributed by atoms with van der Waals surface area (Å²) in [4.78, 5) is 12.8. The third-order valence-electron chi connectivity index (χ3n) is 4.88. The fourth-order valence-electron chi connectivity index (χ4n) is 3.04. The molecule has 5 nitrogen and oxygen atoms in total. The van der Waals surface area contributed by atoms with Crippen LogP contribution in [0.3, 0.4) is 0 Å². The molecule has 0 aliphatic heterocycles. The number of hydrogen-bond donors (Lipinski definition) is 1. The van der Waals surface area contributed by atoms with Crippen LogP contribution in [0.4, 0.5) is 5.69 Å². The molecule has 0 radical (unpaired) electrons. The molecule has 0 saturated heterocycles. The molecule has 0 spiro atoms. The molecule has 0 fully saturated rings. The molecule has 1 amide bonds. The van der Waals surface area contributed by atoms with Gasteiger partial charge in [-0.3, -0.25) is 9.10 Å². The Labute approximate surface area is 219 Å². The molecule has 0 atom stereocenters. The lowest BCUT2D eigenvalue weighted by Crippen LogP contribution is -2.41. The molecular weight excluding hydrogens is 535 g/mol. The molecule has 34 heavy (non-hydrogen) atoms. The van der Waals surface area contributed by atoms with Gasteiger partial charge in [-0.15, -0.1) is 0 Å². The summed E-state index contributed by atoms with van der Waals surface area (Å²) < 4.78 is 27.7. The van der Waals surface area contributed by atoms with Gasteiger partial charge in [0.05, 0.1) is 20.6 Å².